The van der Waals surface area contributed by atoms with E-state index in [9.17, 15) is 22.8 Å². The van der Waals surface area contributed by atoms with Gasteiger partial charge < -0.3 is 26.6 Å². The molecule has 0 saturated heterocycles. The Hall–Kier alpha value is -3.31. The quantitative estimate of drug-likeness (QED) is 0.187. The van der Waals surface area contributed by atoms with E-state index in [-0.39, 0.29) is 18.3 Å². The molecule has 0 radical (unpaired) electrons. The van der Waals surface area contributed by atoms with Crippen LogP contribution in [0.5, 0.6) is 0 Å². The summed E-state index contributed by atoms with van der Waals surface area (Å²) in [7, 11) is 0. The summed E-state index contributed by atoms with van der Waals surface area (Å²) in [5.41, 5.74) is 8.22. The Balaban J connectivity index is 0.000000633. The minimum atomic E-state index is -5.08. The summed E-state index contributed by atoms with van der Waals surface area (Å²) in [6, 6.07) is 6.06. The average molecular weight is 460 g/mol. The number of nitrogens with two attached hydrogens (primary N) is 1. The number of carboxylic acid groups (broad SMARTS) is 2. The van der Waals surface area contributed by atoms with Crippen molar-refractivity contribution in [2.45, 2.75) is 51.1 Å². The van der Waals surface area contributed by atoms with E-state index in [1.54, 1.807) is 0 Å². The lowest BCUT2D eigenvalue weighted by molar-refractivity contribution is -0.192. The summed E-state index contributed by atoms with van der Waals surface area (Å²) < 4.78 is 31.7. The van der Waals surface area contributed by atoms with Crippen LogP contribution in [0.1, 0.15) is 43.2 Å². The minimum Gasteiger partial charge on any atom is -0.481 e. The fourth-order valence-electron chi connectivity index (χ4n) is 3.07. The van der Waals surface area contributed by atoms with Crippen molar-refractivity contribution in [2.24, 2.45) is 11.7 Å². The van der Waals surface area contributed by atoms with Crippen molar-refractivity contribution < 1.29 is 37.8 Å². The van der Waals surface area contributed by atoms with Crippen molar-refractivity contribution in [3.05, 3.63) is 29.3 Å². The molecule has 32 heavy (non-hydrogen) atoms. The number of rotatable bonds is 9. The van der Waals surface area contributed by atoms with Crippen molar-refractivity contribution in [1.29, 1.82) is 5.41 Å². The van der Waals surface area contributed by atoms with Gasteiger partial charge in [-0.3, -0.25) is 15.0 Å². The number of hydrogen-bond acceptors (Lipinski definition) is 4. The lowest BCUT2D eigenvalue weighted by atomic mass is 9.89. The third-order valence-electron chi connectivity index (χ3n) is 4.64. The number of hydrogen-bond donors (Lipinski definition) is 6. The second-order valence-corrected chi connectivity index (χ2v) is 7.29. The number of alkyl halides is 3. The maximum Gasteiger partial charge on any atom is 0.490 e. The van der Waals surface area contributed by atoms with Crippen LogP contribution >= 0.6 is 0 Å². The molecule has 1 amide bonds. The number of anilines is 1. The van der Waals surface area contributed by atoms with Gasteiger partial charge in [-0.15, -0.1) is 0 Å². The Kier molecular flexibility index (Phi) is 10.5. The van der Waals surface area contributed by atoms with Crippen LogP contribution in [0.2, 0.25) is 0 Å². The standard InChI is InChI=1S/C18H26N4O3.C2HF3O2/c19-18(20)21-8-4-2-1-3-5-12-6-7-13-10-14(11-16(23)24)17(25)22-15(13)9-12;3-2(4,5)1(6)7/h6-7,9,14H,1-5,8,10-11H2,(H,22,25)(H,23,24)(H4,19,20,21);(H,6,7). The van der Waals surface area contributed by atoms with Gasteiger partial charge in [0.2, 0.25) is 5.91 Å². The van der Waals surface area contributed by atoms with Gasteiger partial charge in [0.05, 0.1) is 12.3 Å². The largest absolute Gasteiger partial charge is 0.490 e. The second kappa shape index (κ2) is 12.5. The van der Waals surface area contributed by atoms with Gasteiger partial charge in [-0.2, -0.15) is 13.2 Å². The van der Waals surface area contributed by atoms with Crippen molar-refractivity contribution in [1.82, 2.24) is 5.32 Å². The van der Waals surface area contributed by atoms with Gasteiger partial charge in [0.15, 0.2) is 5.96 Å². The monoisotopic (exact) mass is 460 g/mol. The highest BCUT2D eigenvalue weighted by atomic mass is 19.4. The van der Waals surface area contributed by atoms with Crippen LogP contribution in [-0.2, 0) is 27.2 Å². The van der Waals surface area contributed by atoms with Gasteiger partial charge in [-0.25, -0.2) is 4.79 Å². The third-order valence-corrected chi connectivity index (χ3v) is 4.64. The highest BCUT2D eigenvalue weighted by Gasteiger charge is 2.38. The average Bonchev–Trinajstić information content (AvgIpc) is 2.67. The molecule has 0 fully saturated rings. The summed E-state index contributed by atoms with van der Waals surface area (Å²) in [5, 5.41) is 28.7. The molecule has 178 valence electrons. The Bertz CT molecular complexity index is 830. The number of nitrogens with one attached hydrogen (secondary N) is 3. The molecule has 1 aliphatic rings. The smallest absolute Gasteiger partial charge is 0.481 e. The molecule has 0 aliphatic carbocycles. The van der Waals surface area contributed by atoms with Gasteiger partial charge in [-0.05, 0) is 42.9 Å². The van der Waals surface area contributed by atoms with E-state index < -0.39 is 24.0 Å². The first kappa shape index (κ1) is 26.7. The SMILES string of the molecule is N=C(N)NCCCCCCc1ccc2c(c1)NC(=O)C(CC(=O)O)C2.O=C(O)C(F)(F)F. The maximum absolute atomic E-state index is 12.0. The molecule has 2 rings (SSSR count). The van der Waals surface area contributed by atoms with Crippen molar-refractivity contribution in [3.63, 3.8) is 0 Å². The van der Waals surface area contributed by atoms with E-state index in [4.69, 9.17) is 26.2 Å². The summed E-state index contributed by atoms with van der Waals surface area (Å²) in [6.45, 7) is 0.734. The van der Waals surface area contributed by atoms with Gasteiger partial charge in [-0.1, -0.05) is 25.0 Å². The predicted molar refractivity (Wildman–Crippen MR) is 110 cm³/mol. The highest BCUT2D eigenvalue weighted by molar-refractivity contribution is 5.97. The van der Waals surface area contributed by atoms with Crippen molar-refractivity contribution >= 4 is 29.5 Å². The maximum atomic E-state index is 12.0. The lowest BCUT2D eigenvalue weighted by Gasteiger charge is -2.24. The molecule has 1 aliphatic heterocycles. The van der Waals surface area contributed by atoms with E-state index in [1.807, 2.05) is 12.1 Å². The van der Waals surface area contributed by atoms with Crippen LogP contribution in [0, 0.1) is 11.3 Å². The van der Waals surface area contributed by atoms with Crippen LogP contribution in [0.4, 0.5) is 18.9 Å². The van der Waals surface area contributed by atoms with E-state index >= 15 is 0 Å². The van der Waals surface area contributed by atoms with Crippen LogP contribution in [0.15, 0.2) is 18.2 Å². The van der Waals surface area contributed by atoms with Crippen LogP contribution in [-0.4, -0.2) is 46.7 Å². The molecule has 1 aromatic rings. The van der Waals surface area contributed by atoms with Crippen LogP contribution in [0.3, 0.4) is 0 Å². The van der Waals surface area contributed by atoms with Gasteiger partial charge in [0, 0.05) is 12.2 Å². The minimum absolute atomic E-state index is 0.0155. The first-order valence-corrected chi connectivity index (χ1v) is 9.92. The number of halogens is 3. The molecule has 1 unspecified atom stereocenters. The molecule has 12 heteroatoms. The second-order valence-electron chi connectivity index (χ2n) is 7.29. The van der Waals surface area contributed by atoms with Gasteiger partial charge in [0.25, 0.3) is 0 Å². The molecule has 1 atom stereocenters. The summed E-state index contributed by atoms with van der Waals surface area (Å²) in [6.07, 6.45) is 0.450. The zero-order valence-corrected chi connectivity index (χ0v) is 17.3. The Labute approximate surface area is 182 Å². The Morgan fingerprint density at radius 2 is 1.81 bits per heavy atom. The Morgan fingerprint density at radius 1 is 1.19 bits per heavy atom. The zero-order valence-electron chi connectivity index (χ0n) is 17.3. The van der Waals surface area contributed by atoms with E-state index in [0.717, 1.165) is 49.9 Å². The zero-order chi connectivity index (χ0) is 24.3. The molecule has 9 nitrogen and oxygen atoms in total. The van der Waals surface area contributed by atoms with E-state index in [0.29, 0.717) is 6.42 Å². The molecule has 0 saturated carbocycles. The normalized spacial score (nSPS) is 15.0. The van der Waals surface area contributed by atoms with Crippen molar-refractivity contribution in [2.75, 3.05) is 11.9 Å². The summed E-state index contributed by atoms with van der Waals surface area (Å²) in [4.78, 5) is 31.7. The number of guanidine groups is 1. The first-order valence-electron chi connectivity index (χ1n) is 9.92. The number of aliphatic carboxylic acids is 2. The third kappa shape index (κ3) is 10.1. The number of carbonyl (C=O) groups is 3. The molecule has 7 N–H and O–H groups in total. The van der Waals surface area contributed by atoms with Crippen LogP contribution in [0.25, 0.3) is 0 Å². The fourth-order valence-corrected chi connectivity index (χ4v) is 3.07. The number of amides is 1. The molecular weight excluding hydrogens is 433 g/mol. The molecule has 0 aromatic heterocycles. The first-order chi connectivity index (χ1) is 14.9. The van der Waals surface area contributed by atoms with E-state index in [1.165, 1.54) is 5.56 Å². The number of benzene rings is 1. The van der Waals surface area contributed by atoms with Gasteiger partial charge >= 0.3 is 18.1 Å². The number of carbonyl (C=O) groups excluding carboxylic acids is 1. The molecular formula is C20H27F3N4O5. The molecule has 1 heterocycles. The van der Waals surface area contributed by atoms with Crippen molar-refractivity contribution in [3.8, 4) is 0 Å². The highest BCUT2D eigenvalue weighted by Crippen LogP contribution is 2.28. The number of carboxylic acids is 2. The van der Waals surface area contributed by atoms with Crippen LogP contribution < -0.4 is 16.4 Å². The topological polar surface area (TPSA) is 166 Å². The number of fused-ring (bicyclic) bond motifs is 1. The molecule has 0 spiro atoms. The summed E-state index contributed by atoms with van der Waals surface area (Å²) >= 11 is 0. The van der Waals surface area contributed by atoms with E-state index in [2.05, 4.69) is 16.7 Å². The predicted octanol–water partition coefficient (Wildman–Crippen LogP) is 2.49. The molecule has 1 aromatic carbocycles. The number of unbranched alkanes of at least 4 members (excludes halogenated alkanes) is 3. The number of aryl methyl sites for hydroxylation is 1. The fraction of sp³-hybridized carbons (Fsp3) is 0.500. The van der Waals surface area contributed by atoms with Gasteiger partial charge in [0.1, 0.15) is 0 Å². The lowest BCUT2D eigenvalue weighted by Crippen LogP contribution is -2.31. The Morgan fingerprint density at radius 3 is 2.38 bits per heavy atom. The molecule has 0 bridgehead atoms. The summed E-state index contributed by atoms with van der Waals surface area (Å²) in [5.74, 6) is -4.38.